The summed E-state index contributed by atoms with van der Waals surface area (Å²) >= 11 is 6.09. The van der Waals surface area contributed by atoms with Crippen LogP contribution in [0.5, 0.6) is 0 Å². The molecule has 0 aliphatic heterocycles. The summed E-state index contributed by atoms with van der Waals surface area (Å²) in [5.74, 6) is 0.493. The zero-order valence-electron chi connectivity index (χ0n) is 14.4. The molecule has 2 aromatic heterocycles. The van der Waals surface area contributed by atoms with E-state index in [-0.39, 0.29) is 0 Å². The van der Waals surface area contributed by atoms with Crippen molar-refractivity contribution < 1.29 is 13.2 Å². The van der Waals surface area contributed by atoms with E-state index in [1.807, 2.05) is 23.6 Å². The number of halogens is 4. The number of H-pyrrole nitrogens is 1. The van der Waals surface area contributed by atoms with Gasteiger partial charge in [-0.2, -0.15) is 13.2 Å². The Morgan fingerprint density at radius 3 is 2.74 bits per heavy atom. The molecule has 0 saturated heterocycles. The lowest BCUT2D eigenvalue weighted by molar-refractivity contribution is -0.137. The van der Waals surface area contributed by atoms with Crippen molar-refractivity contribution in [1.29, 1.82) is 0 Å². The Labute approximate surface area is 158 Å². The van der Waals surface area contributed by atoms with E-state index >= 15 is 0 Å². The van der Waals surface area contributed by atoms with Crippen molar-refractivity contribution in [3.05, 3.63) is 53.2 Å². The molecular formula is C19H16ClF3N4. The van der Waals surface area contributed by atoms with E-state index in [1.165, 1.54) is 6.07 Å². The molecule has 0 aliphatic rings. The fraction of sp³-hybridized carbons (Fsp3) is 0.211. The zero-order valence-corrected chi connectivity index (χ0v) is 15.1. The predicted octanol–water partition coefficient (Wildman–Crippen LogP) is 6.34. The van der Waals surface area contributed by atoms with Crippen LogP contribution < -0.4 is 5.32 Å². The van der Waals surface area contributed by atoms with Crippen molar-refractivity contribution in [3.63, 3.8) is 0 Å². The van der Waals surface area contributed by atoms with Crippen LogP contribution in [0.2, 0.25) is 5.02 Å². The number of fused-ring (bicyclic) bond motifs is 2. The van der Waals surface area contributed by atoms with Crippen LogP contribution in [0.15, 0.2) is 42.6 Å². The van der Waals surface area contributed by atoms with Crippen LogP contribution in [-0.4, -0.2) is 14.5 Å². The first kappa shape index (κ1) is 17.7. The Kier molecular flexibility index (Phi) is 4.26. The number of aryl methyl sites for hydroxylation is 1. The number of aromatic nitrogens is 3. The quantitative estimate of drug-likeness (QED) is 0.425. The maximum atomic E-state index is 13.0. The highest BCUT2D eigenvalue weighted by Crippen LogP contribution is 2.34. The van der Waals surface area contributed by atoms with Crippen molar-refractivity contribution in [1.82, 2.24) is 14.5 Å². The number of benzene rings is 2. The SMILES string of the molecule is CCCn1c(Nc2c[nH]c3ccc(Cl)cc23)nc2cc(C(F)(F)F)ccc21. The maximum Gasteiger partial charge on any atom is 0.416 e. The molecule has 140 valence electrons. The summed E-state index contributed by atoms with van der Waals surface area (Å²) in [4.78, 5) is 7.56. The van der Waals surface area contributed by atoms with Gasteiger partial charge in [-0.05, 0) is 42.8 Å². The molecule has 0 atom stereocenters. The van der Waals surface area contributed by atoms with Crippen molar-refractivity contribution in [3.8, 4) is 0 Å². The molecule has 2 N–H and O–H groups in total. The first-order valence-corrected chi connectivity index (χ1v) is 8.86. The van der Waals surface area contributed by atoms with Gasteiger partial charge in [0.2, 0.25) is 5.95 Å². The summed E-state index contributed by atoms with van der Waals surface area (Å²) < 4.78 is 41.0. The highest BCUT2D eigenvalue weighted by molar-refractivity contribution is 6.31. The zero-order chi connectivity index (χ0) is 19.2. The minimum atomic E-state index is -4.40. The fourth-order valence-corrected chi connectivity index (χ4v) is 3.34. The third-order valence-electron chi connectivity index (χ3n) is 4.41. The first-order chi connectivity index (χ1) is 12.9. The third-order valence-corrected chi connectivity index (χ3v) is 4.65. The molecule has 4 aromatic rings. The molecule has 27 heavy (non-hydrogen) atoms. The van der Waals surface area contributed by atoms with Gasteiger partial charge in [0, 0.05) is 28.7 Å². The Balaban J connectivity index is 1.82. The number of rotatable bonds is 4. The summed E-state index contributed by atoms with van der Waals surface area (Å²) in [7, 11) is 0. The number of imidazole rings is 1. The third kappa shape index (κ3) is 3.23. The fourth-order valence-electron chi connectivity index (χ4n) is 3.17. The predicted molar refractivity (Wildman–Crippen MR) is 102 cm³/mol. The Bertz CT molecular complexity index is 1130. The summed E-state index contributed by atoms with van der Waals surface area (Å²) in [5.41, 5.74) is 1.92. The lowest BCUT2D eigenvalue weighted by Crippen LogP contribution is -2.05. The second kappa shape index (κ2) is 6.49. The molecule has 0 radical (unpaired) electrons. The van der Waals surface area contributed by atoms with Gasteiger partial charge in [-0.1, -0.05) is 18.5 Å². The van der Waals surface area contributed by atoms with Crippen LogP contribution in [0.3, 0.4) is 0 Å². The summed E-state index contributed by atoms with van der Waals surface area (Å²) in [6, 6.07) is 9.12. The number of aromatic amines is 1. The monoisotopic (exact) mass is 392 g/mol. The van der Waals surface area contributed by atoms with Crippen LogP contribution in [0.4, 0.5) is 24.8 Å². The molecule has 0 saturated carbocycles. The molecular weight excluding hydrogens is 377 g/mol. The number of anilines is 2. The van der Waals surface area contributed by atoms with Gasteiger partial charge in [-0.25, -0.2) is 4.98 Å². The Hall–Kier alpha value is -2.67. The molecule has 0 bridgehead atoms. The van der Waals surface area contributed by atoms with Crippen LogP contribution in [0.1, 0.15) is 18.9 Å². The van der Waals surface area contributed by atoms with Crippen molar-refractivity contribution in [2.75, 3.05) is 5.32 Å². The lowest BCUT2D eigenvalue weighted by Gasteiger charge is -2.10. The van der Waals surface area contributed by atoms with E-state index in [1.54, 1.807) is 12.3 Å². The van der Waals surface area contributed by atoms with E-state index in [2.05, 4.69) is 15.3 Å². The topological polar surface area (TPSA) is 45.6 Å². The molecule has 4 rings (SSSR count). The van der Waals surface area contributed by atoms with Crippen LogP contribution in [0.25, 0.3) is 21.9 Å². The number of hydrogen-bond acceptors (Lipinski definition) is 2. The summed E-state index contributed by atoms with van der Waals surface area (Å²) in [5, 5.41) is 4.72. The molecule has 0 spiro atoms. The second-order valence-corrected chi connectivity index (χ2v) is 6.74. The average molecular weight is 393 g/mol. The van der Waals surface area contributed by atoms with Gasteiger partial charge >= 0.3 is 6.18 Å². The summed E-state index contributed by atoms with van der Waals surface area (Å²) in [6.07, 6.45) is -1.79. The molecule has 0 amide bonds. The van der Waals surface area contributed by atoms with Crippen molar-refractivity contribution >= 4 is 45.2 Å². The molecule has 2 aromatic carbocycles. The number of hydrogen-bond donors (Lipinski definition) is 2. The maximum absolute atomic E-state index is 13.0. The molecule has 8 heteroatoms. The highest BCUT2D eigenvalue weighted by atomic mass is 35.5. The highest BCUT2D eigenvalue weighted by Gasteiger charge is 2.31. The van der Waals surface area contributed by atoms with Crippen LogP contribution >= 0.6 is 11.6 Å². The van der Waals surface area contributed by atoms with Gasteiger partial charge < -0.3 is 14.9 Å². The number of nitrogens with one attached hydrogen (secondary N) is 2. The van der Waals surface area contributed by atoms with Gasteiger partial charge in [-0.15, -0.1) is 0 Å². The smallest absolute Gasteiger partial charge is 0.359 e. The molecule has 2 heterocycles. The Morgan fingerprint density at radius 1 is 1.19 bits per heavy atom. The van der Waals surface area contributed by atoms with Crippen LogP contribution in [-0.2, 0) is 12.7 Å². The largest absolute Gasteiger partial charge is 0.416 e. The van der Waals surface area contributed by atoms with Crippen molar-refractivity contribution in [2.45, 2.75) is 26.1 Å². The lowest BCUT2D eigenvalue weighted by atomic mass is 10.2. The molecule has 4 nitrogen and oxygen atoms in total. The molecule has 0 aliphatic carbocycles. The van der Waals surface area contributed by atoms with Gasteiger partial charge in [0.05, 0.1) is 22.3 Å². The van der Waals surface area contributed by atoms with Crippen LogP contribution in [0, 0.1) is 0 Å². The standard InChI is InChI=1S/C19H16ClF3N4/c1-2-7-27-17-6-3-11(19(21,22)23)8-15(17)25-18(27)26-16-10-24-14-5-4-12(20)9-13(14)16/h3-6,8-10,24H,2,7H2,1H3,(H,25,26). The first-order valence-electron chi connectivity index (χ1n) is 8.48. The second-order valence-electron chi connectivity index (χ2n) is 6.31. The van der Waals surface area contributed by atoms with E-state index in [0.717, 1.165) is 35.1 Å². The summed E-state index contributed by atoms with van der Waals surface area (Å²) in [6.45, 7) is 2.64. The average Bonchev–Trinajstić information content (AvgIpc) is 3.16. The van der Waals surface area contributed by atoms with Gasteiger partial charge in [-0.3, -0.25) is 0 Å². The normalized spacial score (nSPS) is 12.2. The van der Waals surface area contributed by atoms with Gasteiger partial charge in [0.15, 0.2) is 0 Å². The molecule has 0 fully saturated rings. The van der Waals surface area contributed by atoms with Gasteiger partial charge in [0.1, 0.15) is 0 Å². The Morgan fingerprint density at radius 2 is 2.00 bits per heavy atom. The van der Waals surface area contributed by atoms with E-state index in [0.29, 0.717) is 28.5 Å². The van der Waals surface area contributed by atoms with E-state index in [9.17, 15) is 13.2 Å². The number of alkyl halides is 3. The van der Waals surface area contributed by atoms with E-state index in [4.69, 9.17) is 11.6 Å². The number of nitrogens with zero attached hydrogens (tertiary/aromatic N) is 2. The van der Waals surface area contributed by atoms with Crippen molar-refractivity contribution in [2.24, 2.45) is 0 Å². The van der Waals surface area contributed by atoms with Gasteiger partial charge in [0.25, 0.3) is 0 Å². The minimum Gasteiger partial charge on any atom is -0.359 e. The molecule has 0 unspecified atom stereocenters. The van der Waals surface area contributed by atoms with E-state index < -0.39 is 11.7 Å². The minimum absolute atomic E-state index is 0.304.